The third kappa shape index (κ3) is 49.7. The maximum Gasteiger partial charge on any atom is 0.306 e. The topological polar surface area (TPSA) is 111 Å². The van der Waals surface area contributed by atoms with Crippen LogP contribution >= 0.6 is 7.82 Å². The van der Waals surface area contributed by atoms with E-state index in [0.29, 0.717) is 23.9 Å². The van der Waals surface area contributed by atoms with Crippen molar-refractivity contribution in [3.63, 3.8) is 0 Å². The Hall–Kier alpha value is -1.77. The summed E-state index contributed by atoms with van der Waals surface area (Å²) in [6.45, 7) is 4.21. The zero-order valence-corrected chi connectivity index (χ0v) is 43.4. The van der Waals surface area contributed by atoms with E-state index in [1.807, 2.05) is 21.1 Å². The van der Waals surface area contributed by atoms with Gasteiger partial charge in [0.15, 0.2) is 6.10 Å². The summed E-state index contributed by atoms with van der Waals surface area (Å²) in [7, 11) is 1.15. The second kappa shape index (κ2) is 46.3. The minimum absolute atomic E-state index is 0.0364. The SMILES string of the molecule is CCCCCC/C=C/CCCCCCCCCCCC(=O)O[C@@H](COC(=O)CCC/C=C/CC/C=C/CCCCCCCCCCCCCCCC)COP(=O)([O-])OCC[N+](C)(C)C. The molecule has 64 heavy (non-hydrogen) atoms. The van der Waals surface area contributed by atoms with Gasteiger partial charge in [-0.1, -0.05) is 198 Å². The fourth-order valence-corrected chi connectivity index (χ4v) is 8.16. The Labute approximate surface area is 395 Å². The number of phosphoric acid groups is 1. The number of unbranched alkanes of at least 4 members (excludes halogenated alkanes) is 29. The second-order valence-corrected chi connectivity index (χ2v) is 20.6. The first-order chi connectivity index (χ1) is 31.0. The average molecular weight is 924 g/mol. The highest BCUT2D eigenvalue weighted by Gasteiger charge is 2.21. The number of allylic oxidation sites excluding steroid dienone is 6. The number of carbonyl (C=O) groups is 2. The molecule has 0 amide bonds. The number of hydrogen-bond donors (Lipinski definition) is 0. The Morgan fingerprint density at radius 3 is 1.27 bits per heavy atom. The molecular weight excluding hydrogens is 822 g/mol. The molecule has 0 aliphatic carbocycles. The molecule has 1 unspecified atom stereocenters. The van der Waals surface area contributed by atoms with Crippen LogP contribution in [-0.2, 0) is 32.7 Å². The van der Waals surface area contributed by atoms with Gasteiger partial charge in [0.25, 0.3) is 7.82 Å². The quantitative estimate of drug-likeness (QED) is 0.0195. The lowest BCUT2D eigenvalue weighted by Crippen LogP contribution is -2.37. The van der Waals surface area contributed by atoms with E-state index in [0.717, 1.165) is 44.9 Å². The largest absolute Gasteiger partial charge is 0.756 e. The van der Waals surface area contributed by atoms with Crippen LogP contribution in [0.2, 0.25) is 0 Å². The van der Waals surface area contributed by atoms with E-state index < -0.39 is 32.5 Å². The Morgan fingerprint density at radius 2 is 0.828 bits per heavy atom. The molecule has 0 aromatic heterocycles. The van der Waals surface area contributed by atoms with E-state index in [1.54, 1.807) is 0 Å². The Morgan fingerprint density at radius 1 is 0.469 bits per heavy atom. The van der Waals surface area contributed by atoms with Crippen molar-refractivity contribution in [2.45, 2.75) is 251 Å². The van der Waals surface area contributed by atoms with Crippen molar-refractivity contribution >= 4 is 19.8 Å². The van der Waals surface area contributed by atoms with Gasteiger partial charge in [0.05, 0.1) is 27.7 Å². The summed E-state index contributed by atoms with van der Waals surface area (Å²) >= 11 is 0. The van der Waals surface area contributed by atoms with E-state index in [-0.39, 0.29) is 26.1 Å². The summed E-state index contributed by atoms with van der Waals surface area (Å²) in [6, 6.07) is 0. The van der Waals surface area contributed by atoms with Gasteiger partial charge in [-0.05, 0) is 70.6 Å². The van der Waals surface area contributed by atoms with Crippen molar-refractivity contribution in [1.82, 2.24) is 0 Å². The van der Waals surface area contributed by atoms with Gasteiger partial charge in [0.2, 0.25) is 0 Å². The lowest BCUT2D eigenvalue weighted by Gasteiger charge is -2.28. The molecule has 0 aromatic rings. The molecule has 0 N–H and O–H groups in total. The normalized spacial score (nSPS) is 13.7. The number of likely N-dealkylation sites (N-methyl/N-ethyl adjacent to an activating group) is 1. The first-order valence-corrected chi connectivity index (χ1v) is 28.2. The van der Waals surface area contributed by atoms with Gasteiger partial charge < -0.3 is 27.9 Å². The fraction of sp³-hybridized carbons (Fsp3) is 0.852. The molecule has 0 fully saturated rings. The van der Waals surface area contributed by atoms with Crippen LogP contribution in [0.25, 0.3) is 0 Å². The van der Waals surface area contributed by atoms with Crippen molar-refractivity contribution in [3.05, 3.63) is 36.5 Å². The summed E-state index contributed by atoms with van der Waals surface area (Å²) in [5.74, 6) is -0.878. The summed E-state index contributed by atoms with van der Waals surface area (Å²) in [5.41, 5.74) is 0. The number of nitrogens with zero attached hydrogens (tertiary/aromatic N) is 1. The molecule has 0 heterocycles. The smallest absolute Gasteiger partial charge is 0.306 e. The third-order valence-electron chi connectivity index (χ3n) is 11.6. The molecular formula is C54H102NO8P. The molecule has 0 aliphatic heterocycles. The van der Waals surface area contributed by atoms with E-state index in [2.05, 4.69) is 50.3 Å². The van der Waals surface area contributed by atoms with Crippen LogP contribution in [-0.4, -0.2) is 70.0 Å². The first kappa shape index (κ1) is 62.2. The zero-order valence-electron chi connectivity index (χ0n) is 42.5. The average Bonchev–Trinajstić information content (AvgIpc) is 3.25. The number of phosphoric ester groups is 1. The van der Waals surface area contributed by atoms with Crippen LogP contribution in [0.5, 0.6) is 0 Å². The van der Waals surface area contributed by atoms with E-state index in [9.17, 15) is 19.0 Å². The van der Waals surface area contributed by atoms with Gasteiger partial charge in [0, 0.05) is 12.8 Å². The second-order valence-electron chi connectivity index (χ2n) is 19.2. The number of esters is 2. The first-order valence-electron chi connectivity index (χ1n) is 26.7. The molecule has 10 heteroatoms. The van der Waals surface area contributed by atoms with Gasteiger partial charge in [-0.3, -0.25) is 14.2 Å². The lowest BCUT2D eigenvalue weighted by molar-refractivity contribution is -0.870. The van der Waals surface area contributed by atoms with E-state index in [4.69, 9.17) is 18.5 Å². The molecule has 0 aliphatic rings. The molecule has 0 saturated carbocycles. The predicted octanol–water partition coefficient (Wildman–Crippen LogP) is 15.4. The van der Waals surface area contributed by atoms with Crippen molar-refractivity contribution < 1.29 is 42.1 Å². The standard InChI is InChI=1S/C54H102NO8P/c1-6-8-10-12-14-16-18-20-22-24-25-26-27-28-29-31-32-34-36-38-40-42-44-46-53(56)60-50-52(51-62-64(58,59)61-49-48-55(3,4)5)63-54(57)47-45-43-41-39-37-35-33-30-23-21-19-17-15-13-11-9-7-2/h17,19,31-32,38,40,52H,6-16,18,20-30,33-37,39,41-51H2,1-5H3/b19-17+,32-31+,40-38+/t52-/m0/s1. The van der Waals surface area contributed by atoms with Crippen molar-refractivity contribution in [2.24, 2.45) is 0 Å². The Bertz CT molecular complexity index is 1180. The highest BCUT2D eigenvalue weighted by molar-refractivity contribution is 7.45. The minimum Gasteiger partial charge on any atom is -0.756 e. The number of quaternary nitrogens is 1. The van der Waals surface area contributed by atoms with Crippen LogP contribution < -0.4 is 4.89 Å². The van der Waals surface area contributed by atoms with Gasteiger partial charge in [0.1, 0.15) is 19.8 Å². The molecule has 9 nitrogen and oxygen atoms in total. The third-order valence-corrected chi connectivity index (χ3v) is 12.6. The minimum atomic E-state index is -4.64. The van der Waals surface area contributed by atoms with Crippen LogP contribution in [0.4, 0.5) is 0 Å². The summed E-state index contributed by atoms with van der Waals surface area (Å²) in [5, 5.41) is 0. The number of carbonyl (C=O) groups excluding carboxylic acids is 2. The van der Waals surface area contributed by atoms with E-state index in [1.165, 1.54) is 161 Å². The van der Waals surface area contributed by atoms with Crippen molar-refractivity contribution in [3.8, 4) is 0 Å². The predicted molar refractivity (Wildman–Crippen MR) is 268 cm³/mol. The monoisotopic (exact) mass is 924 g/mol. The maximum atomic E-state index is 12.7. The molecule has 0 aromatic carbocycles. The highest BCUT2D eigenvalue weighted by atomic mass is 31.2. The van der Waals surface area contributed by atoms with Crippen LogP contribution in [0.3, 0.4) is 0 Å². The van der Waals surface area contributed by atoms with Gasteiger partial charge in [-0.2, -0.15) is 0 Å². The van der Waals surface area contributed by atoms with E-state index >= 15 is 0 Å². The van der Waals surface area contributed by atoms with Crippen LogP contribution in [0.15, 0.2) is 36.5 Å². The molecule has 0 saturated heterocycles. The van der Waals surface area contributed by atoms with Gasteiger partial charge in [-0.15, -0.1) is 0 Å². The summed E-state index contributed by atoms with van der Waals surface area (Å²) in [6.07, 6.45) is 54.8. The fourth-order valence-electron chi connectivity index (χ4n) is 7.44. The highest BCUT2D eigenvalue weighted by Crippen LogP contribution is 2.38. The lowest BCUT2D eigenvalue weighted by atomic mass is 10.0. The summed E-state index contributed by atoms with van der Waals surface area (Å²) < 4.78 is 34.0. The maximum absolute atomic E-state index is 12.7. The van der Waals surface area contributed by atoms with Crippen LogP contribution in [0, 0.1) is 0 Å². The molecule has 0 spiro atoms. The van der Waals surface area contributed by atoms with Gasteiger partial charge in [-0.25, -0.2) is 0 Å². The molecule has 376 valence electrons. The molecule has 0 rings (SSSR count). The molecule has 0 radical (unpaired) electrons. The molecule has 0 bridgehead atoms. The van der Waals surface area contributed by atoms with Crippen molar-refractivity contribution in [2.75, 3.05) is 47.5 Å². The number of ether oxygens (including phenoxy) is 2. The van der Waals surface area contributed by atoms with Crippen LogP contribution in [0.1, 0.15) is 245 Å². The van der Waals surface area contributed by atoms with Crippen molar-refractivity contribution in [1.29, 1.82) is 0 Å². The zero-order chi connectivity index (χ0) is 47.1. The number of hydrogen-bond acceptors (Lipinski definition) is 8. The number of rotatable bonds is 49. The Balaban J connectivity index is 4.25. The summed E-state index contributed by atoms with van der Waals surface area (Å²) in [4.78, 5) is 37.7. The van der Waals surface area contributed by atoms with Gasteiger partial charge >= 0.3 is 11.9 Å². The Kier molecular flexibility index (Phi) is 45.1. The molecule has 2 atom stereocenters.